The van der Waals surface area contributed by atoms with E-state index in [-0.39, 0.29) is 14.9 Å². The van der Waals surface area contributed by atoms with Crippen LogP contribution in [0.5, 0.6) is 0 Å². The standard InChI is InChI=1S/C9H10ClN.2CH4/c10-7-11-6-5-8-3-1-2-4-9(8)11;;/h1-4H,5-7H2;2*1H4. The molecule has 1 nitrogen and oxygen atoms in total. The molecule has 0 unspecified atom stereocenters. The Bertz CT molecular complexity index is 260. The summed E-state index contributed by atoms with van der Waals surface area (Å²) in [6.07, 6.45) is 1.14. The zero-order valence-corrected chi connectivity index (χ0v) is 7.01. The first-order valence-electron chi connectivity index (χ1n) is 3.80. The molecular weight excluding hydrogens is 182 g/mol. The highest BCUT2D eigenvalue weighted by Crippen LogP contribution is 2.27. The third-order valence-corrected chi connectivity index (χ3v) is 2.42. The van der Waals surface area contributed by atoms with Gasteiger partial charge in [-0.2, -0.15) is 0 Å². The van der Waals surface area contributed by atoms with Crippen LogP contribution < -0.4 is 4.90 Å². The van der Waals surface area contributed by atoms with Crippen molar-refractivity contribution in [2.24, 2.45) is 0 Å². The second-order valence-electron chi connectivity index (χ2n) is 2.76. The molecule has 0 atom stereocenters. The predicted octanol–water partition coefficient (Wildman–Crippen LogP) is 3.52. The molecule has 0 radical (unpaired) electrons. The van der Waals surface area contributed by atoms with Gasteiger partial charge in [-0.1, -0.05) is 33.1 Å². The molecule has 1 aliphatic rings. The van der Waals surface area contributed by atoms with E-state index in [1.54, 1.807) is 0 Å². The van der Waals surface area contributed by atoms with Crippen LogP contribution in [0.2, 0.25) is 0 Å². The third kappa shape index (κ3) is 2.16. The summed E-state index contributed by atoms with van der Waals surface area (Å²) in [5.41, 5.74) is 2.73. The monoisotopic (exact) mass is 199 g/mol. The van der Waals surface area contributed by atoms with Gasteiger partial charge in [0.2, 0.25) is 0 Å². The van der Waals surface area contributed by atoms with Crippen molar-refractivity contribution in [3.05, 3.63) is 29.8 Å². The Labute approximate surface area is 86.3 Å². The molecule has 0 bridgehead atoms. The number of rotatable bonds is 1. The molecule has 2 heteroatoms. The highest BCUT2D eigenvalue weighted by Gasteiger charge is 2.16. The van der Waals surface area contributed by atoms with E-state index >= 15 is 0 Å². The number of fused-ring (bicyclic) bond motifs is 1. The molecule has 1 aromatic rings. The van der Waals surface area contributed by atoms with Crippen molar-refractivity contribution in [2.45, 2.75) is 21.3 Å². The fraction of sp³-hybridized carbons (Fsp3) is 0.455. The summed E-state index contributed by atoms with van der Waals surface area (Å²) < 4.78 is 0. The van der Waals surface area contributed by atoms with Gasteiger partial charge < -0.3 is 4.90 Å². The lowest BCUT2D eigenvalue weighted by atomic mass is 10.2. The normalized spacial score (nSPS) is 12.8. The fourth-order valence-corrected chi connectivity index (χ4v) is 1.78. The van der Waals surface area contributed by atoms with Gasteiger partial charge in [-0.15, -0.1) is 11.6 Å². The Morgan fingerprint density at radius 3 is 2.62 bits per heavy atom. The fourth-order valence-electron chi connectivity index (χ4n) is 1.53. The number of halogens is 1. The van der Waals surface area contributed by atoms with Crippen molar-refractivity contribution in [3.63, 3.8) is 0 Å². The Morgan fingerprint density at radius 1 is 1.23 bits per heavy atom. The maximum atomic E-state index is 5.76. The van der Waals surface area contributed by atoms with Crippen LogP contribution in [0.1, 0.15) is 20.4 Å². The van der Waals surface area contributed by atoms with E-state index in [0.717, 1.165) is 13.0 Å². The maximum absolute atomic E-state index is 5.76. The average Bonchev–Trinajstić information content (AvgIpc) is 2.47. The van der Waals surface area contributed by atoms with Gasteiger partial charge in [0.25, 0.3) is 0 Å². The summed E-state index contributed by atoms with van der Waals surface area (Å²) >= 11 is 5.76. The second-order valence-corrected chi connectivity index (χ2v) is 3.00. The molecule has 0 spiro atoms. The molecule has 74 valence electrons. The van der Waals surface area contributed by atoms with E-state index in [2.05, 4.69) is 29.2 Å². The minimum atomic E-state index is 0. The Balaban J connectivity index is 0.000000720. The SMILES string of the molecule is C.C.ClCN1CCc2ccccc21. The summed E-state index contributed by atoms with van der Waals surface area (Å²) in [6, 6.07) is 9.05. The zero-order valence-electron chi connectivity index (χ0n) is 6.26. The zero-order chi connectivity index (χ0) is 7.68. The summed E-state index contributed by atoms with van der Waals surface area (Å²) in [6.45, 7) is 1.07. The first-order valence-corrected chi connectivity index (χ1v) is 4.34. The minimum absolute atomic E-state index is 0. The molecule has 0 aromatic heterocycles. The van der Waals surface area contributed by atoms with Gasteiger partial charge in [0.15, 0.2) is 0 Å². The lowest BCUT2D eigenvalue weighted by molar-refractivity contribution is 0.934. The van der Waals surface area contributed by atoms with Gasteiger partial charge in [-0.05, 0) is 18.1 Å². The first kappa shape index (κ1) is 12.3. The smallest absolute Gasteiger partial charge is 0.0928 e. The van der Waals surface area contributed by atoms with E-state index in [0.29, 0.717) is 6.00 Å². The molecule has 0 amide bonds. The molecule has 13 heavy (non-hydrogen) atoms. The van der Waals surface area contributed by atoms with E-state index < -0.39 is 0 Å². The van der Waals surface area contributed by atoms with E-state index in [4.69, 9.17) is 11.6 Å². The van der Waals surface area contributed by atoms with Gasteiger partial charge in [0.1, 0.15) is 0 Å². The van der Waals surface area contributed by atoms with Crippen molar-refractivity contribution >= 4 is 17.3 Å². The lowest BCUT2D eigenvalue weighted by Gasteiger charge is -2.14. The number of anilines is 1. The van der Waals surface area contributed by atoms with Crippen molar-refractivity contribution in [1.82, 2.24) is 0 Å². The molecule has 1 aliphatic heterocycles. The Kier molecular flexibility index (Phi) is 4.86. The van der Waals surface area contributed by atoms with Crippen molar-refractivity contribution in [1.29, 1.82) is 0 Å². The van der Waals surface area contributed by atoms with Crippen LogP contribution in [0.4, 0.5) is 5.69 Å². The third-order valence-electron chi connectivity index (χ3n) is 2.13. The van der Waals surface area contributed by atoms with Gasteiger partial charge in [-0.25, -0.2) is 0 Å². The molecule has 0 saturated heterocycles. The minimum Gasteiger partial charge on any atom is -0.357 e. The van der Waals surface area contributed by atoms with Gasteiger partial charge >= 0.3 is 0 Å². The Morgan fingerprint density at radius 2 is 1.92 bits per heavy atom. The molecule has 0 aliphatic carbocycles. The highest BCUT2D eigenvalue weighted by atomic mass is 35.5. The first-order chi connectivity index (χ1) is 5.42. The lowest BCUT2D eigenvalue weighted by Crippen LogP contribution is -2.17. The van der Waals surface area contributed by atoms with Crippen LogP contribution >= 0.6 is 11.6 Å². The molecule has 2 rings (SSSR count). The van der Waals surface area contributed by atoms with E-state index in [1.165, 1.54) is 11.3 Å². The number of benzene rings is 1. The largest absolute Gasteiger partial charge is 0.357 e. The van der Waals surface area contributed by atoms with Crippen LogP contribution in [0.15, 0.2) is 24.3 Å². The van der Waals surface area contributed by atoms with Crippen LogP contribution in [0.3, 0.4) is 0 Å². The molecule has 0 N–H and O–H groups in total. The number of alkyl halides is 1. The number of nitrogens with zero attached hydrogens (tertiary/aromatic N) is 1. The number of hydrogen-bond acceptors (Lipinski definition) is 1. The predicted molar refractivity (Wildman–Crippen MR) is 61.7 cm³/mol. The second kappa shape index (κ2) is 5.13. The number of para-hydroxylation sites is 1. The van der Waals surface area contributed by atoms with Crippen LogP contribution in [0, 0.1) is 0 Å². The van der Waals surface area contributed by atoms with Crippen LogP contribution in [0.25, 0.3) is 0 Å². The topological polar surface area (TPSA) is 3.24 Å². The Hall–Kier alpha value is -0.690. The summed E-state index contributed by atoms with van der Waals surface area (Å²) in [7, 11) is 0. The number of hydrogen-bond donors (Lipinski definition) is 0. The van der Waals surface area contributed by atoms with Gasteiger partial charge in [-0.3, -0.25) is 0 Å². The average molecular weight is 200 g/mol. The van der Waals surface area contributed by atoms with Crippen molar-refractivity contribution in [2.75, 3.05) is 17.4 Å². The van der Waals surface area contributed by atoms with Crippen LogP contribution in [-0.4, -0.2) is 12.5 Å². The van der Waals surface area contributed by atoms with E-state index in [9.17, 15) is 0 Å². The molecular formula is C11H18ClN. The molecule has 0 fully saturated rings. The van der Waals surface area contributed by atoms with Crippen LogP contribution in [-0.2, 0) is 6.42 Å². The molecule has 1 aromatic carbocycles. The summed E-state index contributed by atoms with van der Waals surface area (Å²) in [5.74, 6) is 0. The van der Waals surface area contributed by atoms with E-state index in [1.807, 2.05) is 0 Å². The molecule has 0 saturated carbocycles. The van der Waals surface area contributed by atoms with Gasteiger partial charge in [0, 0.05) is 12.2 Å². The summed E-state index contributed by atoms with van der Waals surface area (Å²) in [4.78, 5) is 2.19. The summed E-state index contributed by atoms with van der Waals surface area (Å²) in [5, 5.41) is 0. The van der Waals surface area contributed by atoms with Gasteiger partial charge in [0.05, 0.1) is 6.00 Å². The highest BCUT2D eigenvalue weighted by molar-refractivity contribution is 6.19. The quantitative estimate of drug-likeness (QED) is 0.494. The maximum Gasteiger partial charge on any atom is 0.0928 e. The van der Waals surface area contributed by atoms with Crippen molar-refractivity contribution in [3.8, 4) is 0 Å². The molecule has 1 heterocycles. The van der Waals surface area contributed by atoms with Crippen molar-refractivity contribution < 1.29 is 0 Å².